The topological polar surface area (TPSA) is 72.2 Å². The molecule has 1 aromatic carbocycles. The Labute approximate surface area is 181 Å². The highest BCUT2D eigenvalue weighted by molar-refractivity contribution is 7.15. The van der Waals surface area contributed by atoms with E-state index in [0.717, 1.165) is 53.9 Å². The van der Waals surface area contributed by atoms with Gasteiger partial charge < -0.3 is 20.1 Å². The van der Waals surface area contributed by atoms with E-state index in [4.69, 9.17) is 14.5 Å². The largest absolute Gasteiger partial charge is 0.491 e. The zero-order chi connectivity index (χ0) is 20.8. The number of nitrogens with zero attached hydrogens (tertiary/aromatic N) is 3. The van der Waals surface area contributed by atoms with Crippen LogP contribution in [0.15, 0.2) is 41.0 Å². The standard InChI is InChI=1S/C22H29N5O2S/c1-3-23-21(25-13-18-14-27-8-10-30-22(27)26-18)24-12-17-7-6-16(2)11-20(17)29-15-19-5-4-9-28-19/h6-8,10-11,14,19H,3-5,9,12-13,15H2,1-2H3,(H2,23,24,25). The highest BCUT2D eigenvalue weighted by Crippen LogP contribution is 2.23. The Hall–Kier alpha value is -2.58. The number of aliphatic imine (C=N–C) groups is 1. The second-order valence-corrected chi connectivity index (χ2v) is 8.30. The molecule has 0 spiro atoms. The molecule has 1 unspecified atom stereocenters. The number of nitrogens with one attached hydrogen (secondary N) is 2. The number of fused-ring (bicyclic) bond motifs is 1. The lowest BCUT2D eigenvalue weighted by molar-refractivity contribution is 0.0676. The highest BCUT2D eigenvalue weighted by Gasteiger charge is 2.17. The van der Waals surface area contributed by atoms with Crippen LogP contribution in [0.25, 0.3) is 4.96 Å². The zero-order valence-electron chi connectivity index (χ0n) is 17.6. The van der Waals surface area contributed by atoms with Crippen molar-refractivity contribution >= 4 is 22.3 Å². The van der Waals surface area contributed by atoms with Crippen LogP contribution in [-0.2, 0) is 17.8 Å². The first-order valence-corrected chi connectivity index (χ1v) is 11.4. The number of aryl methyl sites for hydroxylation is 1. The molecular weight excluding hydrogens is 398 g/mol. The number of thiazole rings is 1. The van der Waals surface area contributed by atoms with Crippen molar-refractivity contribution in [1.29, 1.82) is 0 Å². The van der Waals surface area contributed by atoms with Crippen molar-refractivity contribution in [3.63, 3.8) is 0 Å². The first-order valence-electron chi connectivity index (χ1n) is 10.5. The molecule has 0 aliphatic carbocycles. The number of ether oxygens (including phenoxy) is 2. The van der Waals surface area contributed by atoms with Gasteiger partial charge in [0.05, 0.1) is 24.9 Å². The monoisotopic (exact) mass is 427 g/mol. The highest BCUT2D eigenvalue weighted by atomic mass is 32.1. The lowest BCUT2D eigenvalue weighted by Crippen LogP contribution is -2.36. The van der Waals surface area contributed by atoms with Gasteiger partial charge in [-0.15, -0.1) is 11.3 Å². The lowest BCUT2D eigenvalue weighted by Gasteiger charge is -2.15. The zero-order valence-corrected chi connectivity index (χ0v) is 18.4. The normalized spacial score (nSPS) is 16.9. The summed E-state index contributed by atoms with van der Waals surface area (Å²) in [6, 6.07) is 6.27. The van der Waals surface area contributed by atoms with Crippen LogP contribution < -0.4 is 15.4 Å². The van der Waals surface area contributed by atoms with E-state index in [1.54, 1.807) is 11.3 Å². The Morgan fingerprint density at radius 2 is 2.33 bits per heavy atom. The molecule has 1 aliphatic rings. The summed E-state index contributed by atoms with van der Waals surface area (Å²) in [5.74, 6) is 1.65. The van der Waals surface area contributed by atoms with Crippen molar-refractivity contribution in [3.05, 3.63) is 52.8 Å². The molecule has 0 radical (unpaired) electrons. The molecule has 2 N–H and O–H groups in total. The van der Waals surface area contributed by atoms with Crippen LogP contribution in [0.2, 0.25) is 0 Å². The minimum absolute atomic E-state index is 0.199. The molecule has 160 valence electrons. The van der Waals surface area contributed by atoms with E-state index in [0.29, 0.717) is 19.7 Å². The Balaban J connectivity index is 1.40. The van der Waals surface area contributed by atoms with Gasteiger partial charge >= 0.3 is 0 Å². The van der Waals surface area contributed by atoms with Crippen molar-refractivity contribution in [3.8, 4) is 5.75 Å². The number of aromatic nitrogens is 2. The average molecular weight is 428 g/mol. The molecule has 3 heterocycles. The SMILES string of the molecule is CCNC(=NCc1ccc(C)cc1OCC1CCCO1)NCc1cn2ccsc2n1. The predicted octanol–water partition coefficient (Wildman–Crippen LogP) is 3.52. The second-order valence-electron chi connectivity index (χ2n) is 7.43. The molecule has 30 heavy (non-hydrogen) atoms. The van der Waals surface area contributed by atoms with Crippen LogP contribution in [-0.4, -0.2) is 41.2 Å². The molecule has 3 aromatic rings. The van der Waals surface area contributed by atoms with Crippen molar-refractivity contribution in [2.75, 3.05) is 19.8 Å². The third kappa shape index (κ3) is 5.31. The van der Waals surface area contributed by atoms with E-state index < -0.39 is 0 Å². The maximum absolute atomic E-state index is 6.10. The van der Waals surface area contributed by atoms with Crippen LogP contribution in [0.1, 0.15) is 36.6 Å². The number of imidazole rings is 1. The molecule has 1 fully saturated rings. The Morgan fingerprint density at radius 1 is 1.40 bits per heavy atom. The molecule has 1 saturated heterocycles. The summed E-state index contributed by atoms with van der Waals surface area (Å²) in [5.41, 5.74) is 3.23. The molecule has 4 rings (SSSR count). The van der Waals surface area contributed by atoms with E-state index in [1.165, 1.54) is 5.56 Å². The summed E-state index contributed by atoms with van der Waals surface area (Å²) < 4.78 is 13.8. The van der Waals surface area contributed by atoms with E-state index in [-0.39, 0.29) is 6.10 Å². The summed E-state index contributed by atoms with van der Waals surface area (Å²) in [6.07, 6.45) is 6.45. The summed E-state index contributed by atoms with van der Waals surface area (Å²) in [5, 5.41) is 8.71. The van der Waals surface area contributed by atoms with Gasteiger partial charge in [0.15, 0.2) is 10.9 Å². The minimum atomic E-state index is 0.199. The lowest BCUT2D eigenvalue weighted by atomic mass is 10.1. The van der Waals surface area contributed by atoms with Crippen molar-refractivity contribution < 1.29 is 9.47 Å². The maximum atomic E-state index is 6.10. The Morgan fingerprint density at radius 3 is 3.13 bits per heavy atom. The van der Waals surface area contributed by atoms with E-state index in [9.17, 15) is 0 Å². The molecule has 2 aromatic heterocycles. The Kier molecular flexibility index (Phi) is 6.86. The summed E-state index contributed by atoms with van der Waals surface area (Å²) in [7, 11) is 0. The van der Waals surface area contributed by atoms with Gasteiger partial charge in [0.25, 0.3) is 0 Å². The van der Waals surface area contributed by atoms with E-state index >= 15 is 0 Å². The van der Waals surface area contributed by atoms with Gasteiger partial charge in [-0.1, -0.05) is 12.1 Å². The molecule has 0 saturated carbocycles. The van der Waals surface area contributed by atoms with Crippen molar-refractivity contribution in [2.45, 2.75) is 45.9 Å². The van der Waals surface area contributed by atoms with Gasteiger partial charge in [0.2, 0.25) is 0 Å². The van der Waals surface area contributed by atoms with Crippen molar-refractivity contribution in [1.82, 2.24) is 20.0 Å². The van der Waals surface area contributed by atoms with E-state index in [2.05, 4.69) is 47.7 Å². The van der Waals surface area contributed by atoms with E-state index in [1.807, 2.05) is 22.2 Å². The quantitative estimate of drug-likeness (QED) is 0.425. The first kappa shape index (κ1) is 20.7. The number of guanidine groups is 1. The van der Waals surface area contributed by atoms with Gasteiger partial charge in [-0.25, -0.2) is 9.98 Å². The van der Waals surface area contributed by atoms with Gasteiger partial charge in [-0.05, 0) is 38.3 Å². The molecule has 1 atom stereocenters. The maximum Gasteiger partial charge on any atom is 0.193 e. The third-order valence-electron chi connectivity index (χ3n) is 5.00. The summed E-state index contributed by atoms with van der Waals surface area (Å²) in [6.45, 7) is 7.52. The fourth-order valence-electron chi connectivity index (χ4n) is 3.43. The average Bonchev–Trinajstić information content (AvgIpc) is 3.47. The Bertz CT molecular complexity index is 962. The van der Waals surface area contributed by atoms with Gasteiger partial charge in [0, 0.05) is 36.5 Å². The smallest absolute Gasteiger partial charge is 0.193 e. The van der Waals surface area contributed by atoms with Crippen LogP contribution in [0.4, 0.5) is 0 Å². The number of hydrogen-bond donors (Lipinski definition) is 2. The van der Waals surface area contributed by atoms with Gasteiger partial charge in [-0.3, -0.25) is 4.40 Å². The first-order chi connectivity index (χ1) is 14.7. The predicted molar refractivity (Wildman–Crippen MR) is 120 cm³/mol. The van der Waals surface area contributed by atoms with Crippen molar-refractivity contribution in [2.24, 2.45) is 4.99 Å². The van der Waals surface area contributed by atoms with Crippen LogP contribution in [0.5, 0.6) is 5.75 Å². The van der Waals surface area contributed by atoms with Crippen LogP contribution >= 0.6 is 11.3 Å². The number of hydrogen-bond acceptors (Lipinski definition) is 5. The minimum Gasteiger partial charge on any atom is -0.491 e. The van der Waals surface area contributed by atoms with Crippen LogP contribution in [0, 0.1) is 6.92 Å². The van der Waals surface area contributed by atoms with Gasteiger partial charge in [0.1, 0.15) is 12.4 Å². The molecule has 7 nitrogen and oxygen atoms in total. The molecule has 0 bridgehead atoms. The second kappa shape index (κ2) is 9.95. The number of benzene rings is 1. The van der Waals surface area contributed by atoms with Gasteiger partial charge in [-0.2, -0.15) is 0 Å². The molecule has 1 aliphatic heterocycles. The summed E-state index contributed by atoms with van der Waals surface area (Å²) in [4.78, 5) is 10.4. The number of rotatable bonds is 8. The molecular formula is C22H29N5O2S. The molecule has 8 heteroatoms. The van der Waals surface area contributed by atoms with Crippen LogP contribution in [0.3, 0.4) is 0 Å². The summed E-state index contributed by atoms with van der Waals surface area (Å²) >= 11 is 1.63. The molecule has 0 amide bonds. The third-order valence-corrected chi connectivity index (χ3v) is 5.77. The fraction of sp³-hybridized carbons (Fsp3) is 0.455. The fourth-order valence-corrected chi connectivity index (χ4v) is 4.15.